The second-order valence-electron chi connectivity index (χ2n) is 9.29. The molecule has 0 aliphatic rings. The van der Waals surface area contributed by atoms with Gasteiger partial charge in [-0.05, 0) is 49.2 Å². The van der Waals surface area contributed by atoms with Crippen molar-refractivity contribution in [3.8, 4) is 0 Å². The van der Waals surface area contributed by atoms with E-state index in [1.54, 1.807) is 42.5 Å². The van der Waals surface area contributed by atoms with Gasteiger partial charge in [-0.25, -0.2) is 13.4 Å². The lowest BCUT2D eigenvalue weighted by molar-refractivity contribution is -0.135. The van der Waals surface area contributed by atoms with E-state index in [9.17, 15) is 18.3 Å². The smallest absolute Gasteiger partial charge is 0.324 e. The topological polar surface area (TPSA) is 155 Å². The molecule has 5 aromatic rings. The second kappa shape index (κ2) is 10.8. The zero-order chi connectivity index (χ0) is 28.4. The molecule has 0 amide bonds. The van der Waals surface area contributed by atoms with E-state index in [4.69, 9.17) is 16.1 Å². The summed E-state index contributed by atoms with van der Waals surface area (Å²) in [5, 5.41) is 17.8. The van der Waals surface area contributed by atoms with Crippen LogP contribution in [-0.4, -0.2) is 46.4 Å². The van der Waals surface area contributed by atoms with E-state index < -0.39 is 22.5 Å². The lowest BCUT2D eigenvalue weighted by Crippen LogP contribution is -2.36. The van der Waals surface area contributed by atoms with Crippen molar-refractivity contribution in [2.45, 2.75) is 31.2 Å². The van der Waals surface area contributed by atoms with Crippen molar-refractivity contribution in [3.63, 3.8) is 0 Å². The monoisotopic (exact) mass is 556 g/mol. The summed E-state index contributed by atoms with van der Waals surface area (Å²) in [6.07, 6.45) is 2.85. The fourth-order valence-corrected chi connectivity index (χ4v) is 6.39. The predicted octanol–water partition coefficient (Wildman–Crippen LogP) is 3.95. The molecule has 0 radical (unpaired) electrons. The first kappa shape index (κ1) is 26.8. The van der Waals surface area contributed by atoms with Crippen LogP contribution in [-0.2, 0) is 34.2 Å². The molecule has 0 unspecified atom stereocenters. The molecule has 5 rings (SSSR count). The van der Waals surface area contributed by atoms with E-state index in [1.807, 2.05) is 31.2 Å². The van der Waals surface area contributed by atoms with Crippen LogP contribution in [0.5, 0.6) is 0 Å². The minimum atomic E-state index is -4.28. The van der Waals surface area contributed by atoms with Crippen molar-refractivity contribution in [2.75, 3.05) is 10.8 Å². The van der Waals surface area contributed by atoms with Crippen molar-refractivity contribution in [1.29, 1.82) is 5.41 Å². The number of hydrogen-bond donors (Lipinski definition) is 3. The molecule has 0 atom stereocenters. The van der Waals surface area contributed by atoms with Gasteiger partial charge in [0.1, 0.15) is 23.1 Å². The fraction of sp³-hybridized carbons (Fsp3) is 0.172. The summed E-state index contributed by atoms with van der Waals surface area (Å²) >= 11 is 0. The number of nitrogens with two attached hydrogens (primary N) is 1. The van der Waals surface area contributed by atoms with Crippen LogP contribution in [0.25, 0.3) is 21.9 Å². The zero-order valence-electron chi connectivity index (χ0n) is 21.8. The number of carboxylic acids is 1. The van der Waals surface area contributed by atoms with Crippen LogP contribution in [0.3, 0.4) is 0 Å². The fourth-order valence-electron chi connectivity index (χ4n) is 4.81. The Hall–Kier alpha value is -4.77. The van der Waals surface area contributed by atoms with Gasteiger partial charge in [-0.3, -0.25) is 19.5 Å². The first-order valence-electron chi connectivity index (χ1n) is 12.7. The van der Waals surface area contributed by atoms with Gasteiger partial charge < -0.3 is 15.4 Å². The summed E-state index contributed by atoms with van der Waals surface area (Å²) in [5.41, 5.74) is 9.16. The summed E-state index contributed by atoms with van der Waals surface area (Å²) in [7, 11) is -4.28. The number of benzene rings is 3. The quantitative estimate of drug-likeness (QED) is 0.174. The van der Waals surface area contributed by atoms with Crippen LogP contribution in [0, 0.1) is 5.41 Å². The van der Waals surface area contributed by atoms with E-state index in [0.29, 0.717) is 35.9 Å². The maximum Gasteiger partial charge on any atom is 0.324 e. The molecule has 3 aromatic carbocycles. The standard InChI is InChI=1S/C29H28N6O4S/c1-2-34-24-14-13-22(17-23(24)33-26(34)15-10-19-8-11-21(12-9-19)29(30)31)35(18-27(36)37)40(38,39)25-7-3-5-20-6-4-16-32-28(20)25/h3-9,11-14,16-17H,2,10,15,18H2,1H3,(H3,30,31)(H,36,37). The number of rotatable bonds is 10. The van der Waals surface area contributed by atoms with Crippen molar-refractivity contribution in [1.82, 2.24) is 14.5 Å². The molecule has 0 fully saturated rings. The highest BCUT2D eigenvalue weighted by molar-refractivity contribution is 7.93. The molecule has 4 N–H and O–H groups in total. The summed E-state index contributed by atoms with van der Waals surface area (Å²) in [6.45, 7) is 1.91. The third-order valence-electron chi connectivity index (χ3n) is 6.76. The molecular weight excluding hydrogens is 528 g/mol. The highest BCUT2D eigenvalue weighted by atomic mass is 32.2. The first-order chi connectivity index (χ1) is 19.2. The van der Waals surface area contributed by atoms with Crippen LogP contribution in [0.4, 0.5) is 5.69 Å². The molecule has 2 aromatic heterocycles. The number of anilines is 1. The molecular formula is C29H28N6O4S. The Morgan fingerprint density at radius 1 is 1.05 bits per heavy atom. The lowest BCUT2D eigenvalue weighted by atomic mass is 10.1. The maximum atomic E-state index is 13.8. The molecule has 0 saturated heterocycles. The minimum absolute atomic E-state index is 0.0193. The Balaban J connectivity index is 1.51. The predicted molar refractivity (Wildman–Crippen MR) is 154 cm³/mol. The number of para-hydroxylation sites is 1. The van der Waals surface area contributed by atoms with Crippen molar-refractivity contribution in [2.24, 2.45) is 5.73 Å². The summed E-state index contributed by atoms with van der Waals surface area (Å²) < 4.78 is 30.6. The minimum Gasteiger partial charge on any atom is -0.480 e. The van der Waals surface area contributed by atoms with E-state index in [-0.39, 0.29) is 21.9 Å². The molecule has 204 valence electrons. The molecule has 0 aliphatic heterocycles. The number of nitrogen functional groups attached to an aromatic ring is 1. The van der Waals surface area contributed by atoms with Gasteiger partial charge in [0, 0.05) is 30.1 Å². The average molecular weight is 557 g/mol. The number of aromatic nitrogens is 3. The molecule has 10 nitrogen and oxygen atoms in total. The van der Waals surface area contributed by atoms with E-state index in [2.05, 4.69) is 9.55 Å². The highest BCUT2D eigenvalue weighted by Gasteiger charge is 2.30. The average Bonchev–Trinajstić information content (AvgIpc) is 3.31. The van der Waals surface area contributed by atoms with Gasteiger partial charge in [-0.15, -0.1) is 0 Å². The maximum absolute atomic E-state index is 13.8. The van der Waals surface area contributed by atoms with Crippen LogP contribution in [0.1, 0.15) is 23.9 Å². The lowest BCUT2D eigenvalue weighted by Gasteiger charge is -2.23. The van der Waals surface area contributed by atoms with Crippen molar-refractivity contribution < 1.29 is 18.3 Å². The number of pyridine rings is 1. The SMILES string of the molecule is CCn1c(CCc2ccc(C(=N)N)cc2)nc2cc(N(CC(=O)O)S(=O)(=O)c3cccc4cccnc34)ccc21. The Labute approximate surface area is 231 Å². The highest BCUT2D eigenvalue weighted by Crippen LogP contribution is 2.30. The van der Waals surface area contributed by atoms with Gasteiger partial charge in [0.15, 0.2) is 0 Å². The van der Waals surface area contributed by atoms with E-state index >= 15 is 0 Å². The summed E-state index contributed by atoms with van der Waals surface area (Å²) in [6, 6.07) is 20.8. The van der Waals surface area contributed by atoms with Gasteiger partial charge in [0.25, 0.3) is 10.0 Å². The molecule has 0 aliphatic carbocycles. The van der Waals surface area contributed by atoms with Crippen LogP contribution >= 0.6 is 0 Å². The van der Waals surface area contributed by atoms with Crippen molar-refractivity contribution in [3.05, 3.63) is 95.9 Å². The van der Waals surface area contributed by atoms with Gasteiger partial charge in [-0.2, -0.15) is 0 Å². The Morgan fingerprint density at radius 3 is 2.50 bits per heavy atom. The van der Waals surface area contributed by atoms with Gasteiger partial charge in [0.2, 0.25) is 0 Å². The number of nitrogens with zero attached hydrogens (tertiary/aromatic N) is 4. The normalized spacial score (nSPS) is 11.6. The third-order valence-corrected chi connectivity index (χ3v) is 8.57. The number of carboxylic acid groups (broad SMARTS) is 1. The number of carbonyl (C=O) groups is 1. The number of fused-ring (bicyclic) bond motifs is 2. The van der Waals surface area contributed by atoms with Gasteiger partial charge in [0.05, 0.1) is 22.2 Å². The largest absolute Gasteiger partial charge is 0.480 e. The van der Waals surface area contributed by atoms with Gasteiger partial charge in [-0.1, -0.05) is 42.5 Å². The molecule has 0 spiro atoms. The first-order valence-corrected chi connectivity index (χ1v) is 14.1. The number of imidazole rings is 1. The number of hydrogen-bond acceptors (Lipinski definition) is 6. The molecule has 0 saturated carbocycles. The molecule has 11 heteroatoms. The van der Waals surface area contributed by atoms with Gasteiger partial charge >= 0.3 is 5.97 Å². The number of aliphatic carboxylic acids is 1. The van der Waals surface area contributed by atoms with Crippen LogP contribution < -0.4 is 10.0 Å². The number of aryl methyl sites for hydroxylation is 3. The number of sulfonamides is 1. The third kappa shape index (κ3) is 5.10. The van der Waals surface area contributed by atoms with Crippen LogP contribution in [0.15, 0.2) is 83.9 Å². The summed E-state index contributed by atoms with van der Waals surface area (Å²) in [4.78, 5) is 20.8. The van der Waals surface area contributed by atoms with Crippen molar-refractivity contribution >= 4 is 49.5 Å². The molecule has 40 heavy (non-hydrogen) atoms. The molecule has 2 heterocycles. The van der Waals surface area contributed by atoms with E-state index in [0.717, 1.165) is 21.2 Å². The number of amidine groups is 1. The molecule has 0 bridgehead atoms. The zero-order valence-corrected chi connectivity index (χ0v) is 22.6. The summed E-state index contributed by atoms with van der Waals surface area (Å²) in [5.74, 6) is -0.436. The van der Waals surface area contributed by atoms with Crippen LogP contribution in [0.2, 0.25) is 0 Å². The Bertz CT molecular complexity index is 1840. The Morgan fingerprint density at radius 2 is 1.80 bits per heavy atom. The second-order valence-corrected chi connectivity index (χ2v) is 11.1. The van der Waals surface area contributed by atoms with E-state index in [1.165, 1.54) is 12.3 Å². The Kier molecular flexibility index (Phi) is 7.22. The number of nitrogens with one attached hydrogen (secondary N) is 1.